The van der Waals surface area contributed by atoms with E-state index in [1.54, 1.807) is 29.6 Å². The van der Waals surface area contributed by atoms with Crippen LogP contribution in [0.3, 0.4) is 0 Å². The van der Waals surface area contributed by atoms with Crippen molar-refractivity contribution in [3.8, 4) is 45.5 Å². The van der Waals surface area contributed by atoms with Gasteiger partial charge in [-0.05, 0) is 24.3 Å². The molecule has 20 nitrogen and oxygen atoms in total. The summed E-state index contributed by atoms with van der Waals surface area (Å²) in [5.74, 6) is 6.03. The van der Waals surface area contributed by atoms with Gasteiger partial charge in [-0.1, -0.05) is 35.6 Å². The first-order valence-corrected chi connectivity index (χ1v) is 27.6. The molecule has 2 saturated heterocycles. The van der Waals surface area contributed by atoms with E-state index in [4.69, 9.17) is 18.9 Å². The van der Waals surface area contributed by atoms with Gasteiger partial charge in [0.25, 0.3) is 31.4 Å². The highest BCUT2D eigenvalue weighted by Crippen LogP contribution is 2.37. The Labute approximate surface area is 415 Å². The minimum Gasteiger partial charge on any atom is -0.493 e. The standard InChI is InChI=1S/C22H24N4O6S3.C17H15N3O6S2.C4H9NS/c1-31-18-7-6-17(13-19(18)32-2)35(29,30)24-22-23-21(15-4-3-5-16(12-15)26(27)28)20(34-22)14-25-8-10-33-11-9-25;1-25-15-7-6-13(9-16(15)26-2)28(23,24)19-17-18-14(10-27-17)11-4-3-5-12(8-11)20(21)22;1-3-6-4-2-5-1/h3-7,12-13H,8-11,14H2,1-2H3,(H,23,24);3-10H,1-2H3,(H,18,19);5H,1-4H2. The maximum absolute atomic E-state index is 13.1. The number of aromatic nitrogens is 2. The highest BCUT2D eigenvalue weighted by atomic mass is 32.2. The summed E-state index contributed by atoms with van der Waals surface area (Å²) < 4.78 is 77.1. The molecule has 0 saturated carbocycles. The number of nitro benzene ring substituents is 2. The van der Waals surface area contributed by atoms with Crippen LogP contribution in [0.4, 0.5) is 21.6 Å². The van der Waals surface area contributed by atoms with Crippen molar-refractivity contribution in [2.75, 3.05) is 87.1 Å². The summed E-state index contributed by atoms with van der Waals surface area (Å²) in [6.45, 7) is 4.82. The Kier molecular flexibility index (Phi) is 18.8. The summed E-state index contributed by atoms with van der Waals surface area (Å²) in [4.78, 5) is 33.1. The summed E-state index contributed by atoms with van der Waals surface area (Å²) in [6, 6.07) is 20.7. The minimum atomic E-state index is -3.97. The van der Waals surface area contributed by atoms with Crippen molar-refractivity contribution in [2.45, 2.75) is 16.3 Å². The van der Waals surface area contributed by atoms with E-state index in [2.05, 4.69) is 29.6 Å². The van der Waals surface area contributed by atoms with Crippen LogP contribution in [0.25, 0.3) is 22.5 Å². The quantitative estimate of drug-likeness (QED) is 0.0614. The van der Waals surface area contributed by atoms with Gasteiger partial charge in [0.1, 0.15) is 0 Å². The Balaban J connectivity index is 0.000000206. The van der Waals surface area contributed by atoms with Crippen LogP contribution in [0, 0.1) is 20.2 Å². The molecule has 0 bridgehead atoms. The van der Waals surface area contributed by atoms with Crippen LogP contribution in [-0.4, -0.2) is 119 Å². The van der Waals surface area contributed by atoms with Gasteiger partial charge in [0, 0.05) is 114 Å². The zero-order valence-corrected chi connectivity index (χ0v) is 42.5. The first kappa shape index (κ1) is 52.6. The third-order valence-electron chi connectivity index (χ3n) is 9.98. The lowest BCUT2D eigenvalue weighted by molar-refractivity contribution is -0.385. The predicted molar refractivity (Wildman–Crippen MR) is 272 cm³/mol. The smallest absolute Gasteiger partial charge is 0.270 e. The van der Waals surface area contributed by atoms with Crippen LogP contribution in [-0.2, 0) is 26.6 Å². The molecule has 0 spiro atoms. The first-order chi connectivity index (χ1) is 33.1. The van der Waals surface area contributed by atoms with Crippen molar-refractivity contribution in [1.29, 1.82) is 0 Å². The Bertz CT molecular complexity index is 2930. The van der Waals surface area contributed by atoms with Crippen LogP contribution < -0.4 is 33.7 Å². The van der Waals surface area contributed by atoms with E-state index < -0.39 is 29.9 Å². The second-order valence-corrected chi connectivity index (χ2v) is 22.2. The Hall–Kier alpha value is -5.74. The van der Waals surface area contributed by atoms with Gasteiger partial charge >= 0.3 is 0 Å². The second kappa shape index (κ2) is 24.7. The number of hydrogen-bond acceptors (Lipinski definition) is 20. The maximum atomic E-state index is 13.1. The summed E-state index contributed by atoms with van der Waals surface area (Å²) in [7, 11) is -2.12. The van der Waals surface area contributed by atoms with Gasteiger partial charge in [0.15, 0.2) is 33.3 Å². The number of benzene rings is 4. The molecule has 0 radical (unpaired) electrons. The third-order valence-corrected chi connectivity index (χ3v) is 16.5. The zero-order chi connectivity index (χ0) is 49.6. The molecule has 2 aliphatic heterocycles. The lowest BCUT2D eigenvalue weighted by atomic mass is 10.1. The molecule has 0 atom stereocenters. The average Bonchev–Trinajstić information content (AvgIpc) is 4.00. The SMILES string of the molecule is C1CSCCN1.COc1ccc(S(=O)(=O)Nc2nc(-c3cccc([N+](=O)[O-])c3)c(CN3CCSCC3)s2)cc1OC.COc1ccc(S(=O)(=O)Nc2nc(-c3cccc([N+](=O)[O-])c3)cs2)cc1OC. The molecule has 4 heterocycles. The highest BCUT2D eigenvalue weighted by molar-refractivity contribution is 7.99. The zero-order valence-electron chi connectivity index (χ0n) is 37.6. The van der Waals surface area contributed by atoms with E-state index in [9.17, 15) is 37.1 Å². The fraction of sp³-hybridized carbons (Fsp3) is 0.302. The van der Waals surface area contributed by atoms with Crippen LogP contribution >= 0.6 is 46.2 Å². The molecular formula is C43H48N8O12S6. The van der Waals surface area contributed by atoms with Gasteiger partial charge < -0.3 is 24.3 Å². The number of non-ortho nitro benzene ring substituents is 2. The molecule has 0 unspecified atom stereocenters. The number of ether oxygens (including phenoxy) is 4. The molecule has 3 N–H and O–H groups in total. The molecular weight excluding hydrogens is 1010 g/mol. The average molecular weight is 1060 g/mol. The fourth-order valence-corrected chi connectivity index (χ4v) is 12.5. The molecule has 368 valence electrons. The fourth-order valence-electron chi connectivity index (χ4n) is 6.52. The minimum absolute atomic E-state index is 0.00291. The topological polar surface area (TPSA) is 257 Å². The third kappa shape index (κ3) is 14.4. The van der Waals surface area contributed by atoms with Gasteiger partial charge in [-0.25, -0.2) is 26.8 Å². The molecule has 2 aliphatic rings. The normalized spacial score (nSPS) is 13.9. The number of sulfonamides is 2. The lowest BCUT2D eigenvalue weighted by Gasteiger charge is -2.25. The van der Waals surface area contributed by atoms with Crippen molar-refractivity contribution >= 4 is 87.9 Å². The molecule has 0 aliphatic carbocycles. The van der Waals surface area contributed by atoms with E-state index in [1.165, 1.54) is 125 Å². The van der Waals surface area contributed by atoms with E-state index in [1.807, 2.05) is 23.5 Å². The largest absolute Gasteiger partial charge is 0.493 e. The van der Waals surface area contributed by atoms with Gasteiger partial charge in [-0.2, -0.15) is 23.5 Å². The predicted octanol–water partition coefficient (Wildman–Crippen LogP) is 7.94. The Morgan fingerprint density at radius 1 is 0.652 bits per heavy atom. The Morgan fingerprint density at radius 2 is 1.16 bits per heavy atom. The molecule has 69 heavy (non-hydrogen) atoms. The highest BCUT2D eigenvalue weighted by Gasteiger charge is 2.24. The summed E-state index contributed by atoms with van der Waals surface area (Å²) >= 11 is 6.22. The molecule has 0 amide bonds. The van der Waals surface area contributed by atoms with Crippen molar-refractivity contribution in [3.63, 3.8) is 0 Å². The van der Waals surface area contributed by atoms with Crippen molar-refractivity contribution < 1.29 is 45.6 Å². The first-order valence-electron chi connectivity index (χ1n) is 20.7. The van der Waals surface area contributed by atoms with Crippen molar-refractivity contribution in [1.82, 2.24) is 20.2 Å². The van der Waals surface area contributed by atoms with Gasteiger partial charge in [-0.3, -0.25) is 34.6 Å². The summed E-state index contributed by atoms with van der Waals surface area (Å²) in [5.41, 5.74) is 1.91. The van der Waals surface area contributed by atoms with Crippen LogP contribution in [0.5, 0.6) is 23.0 Å². The number of anilines is 2. The van der Waals surface area contributed by atoms with Crippen molar-refractivity contribution in [2.24, 2.45) is 0 Å². The number of thioether (sulfide) groups is 2. The lowest BCUT2D eigenvalue weighted by Crippen LogP contribution is -2.31. The molecule has 2 fully saturated rings. The van der Waals surface area contributed by atoms with E-state index >= 15 is 0 Å². The van der Waals surface area contributed by atoms with Gasteiger partial charge in [0.05, 0.1) is 59.5 Å². The molecule has 6 aromatic rings. The molecule has 4 aromatic carbocycles. The summed E-state index contributed by atoms with van der Waals surface area (Å²) in [6.07, 6.45) is 0. The van der Waals surface area contributed by atoms with Crippen LogP contribution in [0.1, 0.15) is 4.88 Å². The number of methoxy groups -OCH3 is 4. The molecule has 26 heteroatoms. The van der Waals surface area contributed by atoms with E-state index in [0.29, 0.717) is 40.6 Å². The number of nitrogens with zero attached hydrogens (tertiary/aromatic N) is 5. The number of thiazole rings is 2. The van der Waals surface area contributed by atoms with E-state index in [-0.39, 0.29) is 42.9 Å². The molecule has 2 aromatic heterocycles. The van der Waals surface area contributed by atoms with E-state index in [0.717, 1.165) is 40.8 Å². The van der Waals surface area contributed by atoms with Gasteiger partial charge in [-0.15, -0.1) is 11.3 Å². The maximum Gasteiger partial charge on any atom is 0.270 e. The molecule has 8 rings (SSSR count). The number of hydrogen-bond donors (Lipinski definition) is 3. The van der Waals surface area contributed by atoms with Gasteiger partial charge in [0.2, 0.25) is 0 Å². The second-order valence-electron chi connectivity index (χ2n) is 14.4. The number of nitro groups is 2. The van der Waals surface area contributed by atoms with Crippen LogP contribution in [0.2, 0.25) is 0 Å². The monoisotopic (exact) mass is 1060 g/mol. The van der Waals surface area contributed by atoms with Crippen molar-refractivity contribution in [3.05, 3.63) is 115 Å². The summed E-state index contributed by atoms with van der Waals surface area (Å²) in [5, 5.41) is 27.4. The Morgan fingerprint density at radius 3 is 1.65 bits per heavy atom. The number of rotatable bonds is 16. The van der Waals surface area contributed by atoms with Crippen LogP contribution in [0.15, 0.2) is 100 Å². The number of nitrogens with one attached hydrogen (secondary N) is 3.